The summed E-state index contributed by atoms with van der Waals surface area (Å²) in [6, 6.07) is 10.5. The maximum absolute atomic E-state index is 12.3. The van der Waals surface area contributed by atoms with Crippen molar-refractivity contribution in [1.82, 2.24) is 14.5 Å². The fourth-order valence-electron chi connectivity index (χ4n) is 2.91. The number of hydrogen-bond donors (Lipinski definition) is 2. The summed E-state index contributed by atoms with van der Waals surface area (Å²) in [6.45, 7) is 9.00. The minimum atomic E-state index is -0.255. The summed E-state index contributed by atoms with van der Waals surface area (Å²) >= 11 is 0. The molecule has 2 rings (SSSR count). The van der Waals surface area contributed by atoms with Crippen molar-refractivity contribution in [2.24, 2.45) is 0 Å². The van der Waals surface area contributed by atoms with Gasteiger partial charge in [-0.2, -0.15) is 0 Å². The first-order valence-electron chi connectivity index (χ1n) is 8.78. The van der Waals surface area contributed by atoms with Crippen molar-refractivity contribution >= 4 is 0 Å². The van der Waals surface area contributed by atoms with Crippen LogP contribution in [0.25, 0.3) is 0 Å². The number of benzene rings is 1. The molecule has 0 aliphatic heterocycles. The van der Waals surface area contributed by atoms with Crippen LogP contribution in [0.5, 0.6) is 5.88 Å². The second-order valence-corrected chi connectivity index (χ2v) is 6.49. The van der Waals surface area contributed by atoms with Gasteiger partial charge in [-0.15, -0.1) is 0 Å². The molecule has 1 heterocycles. The molecule has 0 bridgehead atoms. The average molecular weight is 331 g/mol. The van der Waals surface area contributed by atoms with Crippen molar-refractivity contribution in [3.05, 3.63) is 52.1 Å². The number of rotatable bonds is 8. The predicted molar refractivity (Wildman–Crippen MR) is 97.3 cm³/mol. The Hall–Kier alpha value is -2.01. The third-order valence-electron chi connectivity index (χ3n) is 4.87. The maximum atomic E-state index is 12.3. The van der Waals surface area contributed by atoms with Gasteiger partial charge in [0.05, 0.1) is 12.4 Å². The van der Waals surface area contributed by atoms with E-state index >= 15 is 0 Å². The molecular formula is C19H29N3O2. The first-order valence-corrected chi connectivity index (χ1v) is 8.78. The fraction of sp³-hybridized carbons (Fsp3) is 0.526. The molecule has 24 heavy (non-hydrogen) atoms. The van der Waals surface area contributed by atoms with Gasteiger partial charge < -0.3 is 10.1 Å². The van der Waals surface area contributed by atoms with Gasteiger partial charge in [0.15, 0.2) is 0 Å². The first kappa shape index (κ1) is 18.3. The van der Waals surface area contributed by atoms with E-state index < -0.39 is 0 Å². The third-order valence-corrected chi connectivity index (χ3v) is 4.87. The number of aromatic amines is 1. The third kappa shape index (κ3) is 4.09. The second-order valence-electron chi connectivity index (χ2n) is 6.49. The highest BCUT2D eigenvalue weighted by Crippen LogP contribution is 2.20. The van der Waals surface area contributed by atoms with Crippen LogP contribution in [0, 0.1) is 0 Å². The summed E-state index contributed by atoms with van der Waals surface area (Å²) in [7, 11) is 0. The molecule has 2 N–H and O–H groups in total. The van der Waals surface area contributed by atoms with Gasteiger partial charge in [-0.05, 0) is 32.3 Å². The molecule has 0 radical (unpaired) electrons. The Kier molecular flexibility index (Phi) is 6.26. The van der Waals surface area contributed by atoms with Crippen LogP contribution in [-0.4, -0.2) is 31.6 Å². The zero-order chi connectivity index (χ0) is 17.7. The SMILES string of the molecule is CCC(C)N(Cn1c(O)c(Cc2ccccc2)[nH]c1=O)C(C)CC. The molecule has 0 saturated heterocycles. The van der Waals surface area contributed by atoms with Crippen LogP contribution < -0.4 is 5.69 Å². The van der Waals surface area contributed by atoms with Crippen molar-refractivity contribution in [2.45, 2.75) is 65.7 Å². The Labute approximate surface area is 143 Å². The molecule has 0 fully saturated rings. The summed E-state index contributed by atoms with van der Waals surface area (Å²) in [5, 5.41) is 10.5. The molecule has 5 heteroatoms. The molecular weight excluding hydrogens is 302 g/mol. The van der Waals surface area contributed by atoms with E-state index in [2.05, 4.69) is 37.6 Å². The lowest BCUT2D eigenvalue weighted by Gasteiger charge is -2.33. The molecule has 0 aliphatic carbocycles. The van der Waals surface area contributed by atoms with Gasteiger partial charge in [0.1, 0.15) is 0 Å². The maximum Gasteiger partial charge on any atom is 0.329 e. The fourth-order valence-corrected chi connectivity index (χ4v) is 2.91. The number of nitrogens with zero attached hydrogens (tertiary/aromatic N) is 2. The molecule has 2 atom stereocenters. The molecule has 2 unspecified atom stereocenters. The molecule has 1 aromatic heterocycles. The number of nitrogens with one attached hydrogen (secondary N) is 1. The van der Waals surface area contributed by atoms with Crippen LogP contribution in [0.2, 0.25) is 0 Å². The Morgan fingerprint density at radius 1 is 1.12 bits per heavy atom. The van der Waals surface area contributed by atoms with Crippen LogP contribution in [0.4, 0.5) is 0 Å². The quantitative estimate of drug-likeness (QED) is 0.780. The number of hydrogen-bond acceptors (Lipinski definition) is 3. The molecule has 5 nitrogen and oxygen atoms in total. The largest absolute Gasteiger partial charge is 0.493 e. The molecule has 132 valence electrons. The number of aromatic hydroxyl groups is 1. The lowest BCUT2D eigenvalue weighted by molar-refractivity contribution is 0.0997. The minimum Gasteiger partial charge on any atom is -0.493 e. The first-order chi connectivity index (χ1) is 11.5. The van der Waals surface area contributed by atoms with Crippen LogP contribution in [0.1, 0.15) is 51.8 Å². The van der Waals surface area contributed by atoms with E-state index in [1.807, 2.05) is 30.3 Å². The Bertz CT molecular complexity index is 680. The number of imidazole rings is 1. The van der Waals surface area contributed by atoms with E-state index in [9.17, 15) is 9.90 Å². The second kappa shape index (κ2) is 8.20. The van der Waals surface area contributed by atoms with E-state index in [4.69, 9.17) is 0 Å². The van der Waals surface area contributed by atoms with Gasteiger partial charge >= 0.3 is 5.69 Å². The van der Waals surface area contributed by atoms with Crippen molar-refractivity contribution in [1.29, 1.82) is 0 Å². The van der Waals surface area contributed by atoms with Crippen LogP contribution in [0.3, 0.4) is 0 Å². The lowest BCUT2D eigenvalue weighted by Crippen LogP contribution is -2.42. The standard InChI is InChI=1S/C19H29N3O2/c1-5-14(3)21(15(4)6-2)13-22-18(23)17(20-19(22)24)12-16-10-8-7-9-11-16/h7-11,14-15,23H,5-6,12-13H2,1-4H3,(H,20,24). The van der Waals surface area contributed by atoms with Crippen LogP contribution in [0.15, 0.2) is 35.1 Å². The highest BCUT2D eigenvalue weighted by molar-refractivity contribution is 5.27. The summed E-state index contributed by atoms with van der Waals surface area (Å²) in [5.41, 5.74) is 1.37. The van der Waals surface area contributed by atoms with E-state index in [1.54, 1.807) is 0 Å². The molecule has 0 saturated carbocycles. The molecule has 0 spiro atoms. The zero-order valence-corrected chi connectivity index (χ0v) is 15.1. The van der Waals surface area contributed by atoms with Crippen molar-refractivity contribution in [3.63, 3.8) is 0 Å². The van der Waals surface area contributed by atoms with E-state index in [0.717, 1.165) is 18.4 Å². The highest BCUT2D eigenvalue weighted by Gasteiger charge is 2.22. The number of H-pyrrole nitrogens is 1. The van der Waals surface area contributed by atoms with Crippen LogP contribution in [-0.2, 0) is 13.1 Å². The normalized spacial score (nSPS) is 14.0. The summed E-state index contributed by atoms with van der Waals surface area (Å²) in [4.78, 5) is 17.4. The predicted octanol–water partition coefficient (Wildman–Crippen LogP) is 3.33. The van der Waals surface area contributed by atoms with Gasteiger partial charge in [0.25, 0.3) is 0 Å². The van der Waals surface area contributed by atoms with Gasteiger partial charge in [0.2, 0.25) is 5.88 Å². The Morgan fingerprint density at radius 2 is 1.71 bits per heavy atom. The number of aromatic nitrogens is 2. The van der Waals surface area contributed by atoms with E-state index in [1.165, 1.54) is 4.57 Å². The van der Waals surface area contributed by atoms with Gasteiger partial charge in [0, 0.05) is 18.5 Å². The highest BCUT2D eigenvalue weighted by atomic mass is 16.3. The Morgan fingerprint density at radius 3 is 2.25 bits per heavy atom. The minimum absolute atomic E-state index is 0.0421. The summed E-state index contributed by atoms with van der Waals surface area (Å²) in [5.74, 6) is 0.0421. The van der Waals surface area contributed by atoms with E-state index in [0.29, 0.717) is 30.9 Å². The Balaban J connectivity index is 2.26. The monoisotopic (exact) mass is 331 g/mol. The van der Waals surface area contributed by atoms with Crippen LogP contribution >= 0.6 is 0 Å². The molecule has 2 aromatic rings. The van der Waals surface area contributed by atoms with Crippen molar-refractivity contribution in [2.75, 3.05) is 0 Å². The zero-order valence-electron chi connectivity index (χ0n) is 15.1. The lowest BCUT2D eigenvalue weighted by atomic mass is 10.1. The van der Waals surface area contributed by atoms with E-state index in [-0.39, 0.29) is 11.6 Å². The molecule has 0 amide bonds. The summed E-state index contributed by atoms with van der Waals surface area (Å²) < 4.78 is 1.44. The van der Waals surface area contributed by atoms with Gasteiger partial charge in [-0.3, -0.25) is 4.90 Å². The van der Waals surface area contributed by atoms with Crippen molar-refractivity contribution < 1.29 is 5.11 Å². The van der Waals surface area contributed by atoms with Crippen molar-refractivity contribution in [3.8, 4) is 5.88 Å². The van der Waals surface area contributed by atoms with Gasteiger partial charge in [-0.1, -0.05) is 44.2 Å². The smallest absolute Gasteiger partial charge is 0.329 e. The average Bonchev–Trinajstić information content (AvgIpc) is 2.86. The molecule has 1 aromatic carbocycles. The molecule has 0 aliphatic rings. The van der Waals surface area contributed by atoms with Gasteiger partial charge in [-0.25, -0.2) is 9.36 Å². The summed E-state index contributed by atoms with van der Waals surface area (Å²) in [6.07, 6.45) is 2.52. The topological polar surface area (TPSA) is 61.3 Å².